The molecule has 0 bridgehead atoms. The number of aromatic amines is 1. The van der Waals surface area contributed by atoms with E-state index in [1.54, 1.807) is 60.8 Å². The molecule has 0 spiro atoms. The molecule has 1 aliphatic rings. The van der Waals surface area contributed by atoms with Gasteiger partial charge in [-0.05, 0) is 181 Å². The number of hydrogen-bond acceptors (Lipinski definition) is 23. The van der Waals surface area contributed by atoms with Gasteiger partial charge in [-0.3, -0.25) is 91.1 Å². The SMILES string of the molecule is CC(=O)N[C@@H](CC(C)C)C(=O)N[C@H](C(=O)N[C@@H](Cc1ccccc1)C(=O)N[C@]1(C)CCCCCC/C=C/CCC[C@@](C)(C(=O)N[C@@H](C)C(=O)NC(C)(C)C(=O)NC(C)C(=O)N[C@@H](C)C(=O)C(=O)[C@H](C)NC[C@H](C)C(N)=O)NC(=O)[C@H](CC(C)C)CN[C@@H](CCC(N)=O)C(=O)C(=O)C(C)NC(=O)[C@H](Cc2c[nH]c3ccccc23)NC(=O)[C@H](Cc2ccc(O)cc2)NC(=O)C(C)NC1=O)[C@@H](C)O. The first-order valence-electron chi connectivity index (χ1n) is 46.2. The summed E-state index contributed by atoms with van der Waals surface area (Å²) < 4.78 is 0. The molecule has 39 heteroatoms. The minimum atomic E-state index is -1.92. The number of aliphatic hydroxyl groups is 1. The van der Waals surface area contributed by atoms with Gasteiger partial charge in [-0.25, -0.2) is 0 Å². The fourth-order valence-electron chi connectivity index (χ4n) is 15.1. The standard InChI is InChI=1S/C96H142N18O21/c1-52(2)44-66-51-101-70(40-41-75(97)118)80(122)79(121)57(8)103-86(128)74(48-65-50-100-69-35-29-28-34-68(65)69)109-87(129)72(47-64-36-38-67(117)39-37-64)108-83(125)59(10)105-93(135)96(17,114-89(131)73(46-63-32-26-25-27-33-63)110-90(132)76(61(12)115)111-88(130)71(45-53(3)4)107-62(13)116)43-31-24-22-20-18-19-21-23-30-42-95(16,113-85(66)127)92(134)106-60(11)84(126)112-94(14,15)91(133)104-58(9)82(124)102-56(7)78(120)77(119)55(6)99-49-54(5)81(98)123/h19,21,25-29,32-39,50,52-61,66,70-74,76,99-101,115,117H,18,20,22-24,30-31,40-49,51H2,1-17H3,(H2,97,118)(H2,98,123)(H,102,124)(H,103,128)(H,104,133)(H,105,135)(H,106,134)(H,107,116)(H,108,125)(H,109,129)(H,110,132)(H,111,130)(H,112,126)(H,113,127)(H,114,131)/b21-19+/t54-,55-,56-,57?,58?,59?,60-,61+,66+,70-,71-,72-,73-,74-,76-,95-,96+/m0/s1. The van der Waals surface area contributed by atoms with Crippen molar-refractivity contribution < 1.29 is 101 Å². The molecule has 39 nitrogen and oxygen atoms in total. The Morgan fingerprint density at radius 1 is 0.556 bits per heavy atom. The van der Waals surface area contributed by atoms with Crippen LogP contribution in [0.25, 0.3) is 10.9 Å². The molecular weight excluding hydrogens is 1740 g/mol. The van der Waals surface area contributed by atoms with Crippen LogP contribution in [0.4, 0.5) is 0 Å². The second-order valence-electron chi connectivity index (χ2n) is 37.2. The smallest absolute Gasteiger partial charge is 0.246 e. The van der Waals surface area contributed by atoms with Crippen LogP contribution in [0.3, 0.4) is 0 Å². The molecule has 0 saturated heterocycles. The summed E-state index contributed by atoms with van der Waals surface area (Å²) >= 11 is 0. The fraction of sp³-hybridized carbons (Fsp3) is 0.573. The average Bonchev–Trinajstić information content (AvgIpc) is 1.81. The van der Waals surface area contributed by atoms with E-state index in [-0.39, 0.29) is 94.9 Å². The number of primary amides is 2. The number of rotatable bonds is 36. The highest BCUT2D eigenvalue weighted by Gasteiger charge is 2.44. The lowest BCUT2D eigenvalue weighted by Crippen LogP contribution is -2.64. The molecule has 742 valence electrons. The lowest BCUT2D eigenvalue weighted by Gasteiger charge is -2.34. The van der Waals surface area contributed by atoms with E-state index in [9.17, 15) is 77.3 Å². The molecule has 2 heterocycles. The number of allylic oxidation sites excluding steroid dienone is 2. The molecule has 15 amide bonds. The lowest BCUT2D eigenvalue weighted by atomic mass is 9.89. The van der Waals surface area contributed by atoms with Gasteiger partial charge in [0.2, 0.25) is 112 Å². The van der Waals surface area contributed by atoms with Crippen LogP contribution in [0.15, 0.2) is 97.2 Å². The van der Waals surface area contributed by atoms with Gasteiger partial charge in [-0.1, -0.05) is 127 Å². The van der Waals surface area contributed by atoms with Gasteiger partial charge in [0.25, 0.3) is 0 Å². The Kier molecular flexibility index (Phi) is 44.7. The van der Waals surface area contributed by atoms with Gasteiger partial charge in [-0.2, -0.15) is 0 Å². The Morgan fingerprint density at radius 3 is 1.78 bits per heavy atom. The number of fused-ring (bicyclic) bond motifs is 1. The molecule has 22 N–H and O–H groups in total. The van der Waals surface area contributed by atoms with Gasteiger partial charge >= 0.3 is 0 Å². The van der Waals surface area contributed by atoms with Crippen molar-refractivity contribution in [3.05, 3.63) is 114 Å². The Balaban J connectivity index is 1.55. The largest absolute Gasteiger partial charge is 0.508 e. The van der Waals surface area contributed by atoms with Crippen molar-refractivity contribution in [1.82, 2.24) is 84.7 Å². The Bertz CT molecular complexity index is 4860. The zero-order chi connectivity index (χ0) is 101. The summed E-state index contributed by atoms with van der Waals surface area (Å²) in [5.41, 5.74) is 7.45. The Hall–Kier alpha value is -12.7. The summed E-state index contributed by atoms with van der Waals surface area (Å²) in [7, 11) is 0. The predicted molar refractivity (Wildman–Crippen MR) is 503 cm³/mol. The van der Waals surface area contributed by atoms with Crippen molar-refractivity contribution in [1.29, 1.82) is 0 Å². The molecule has 5 rings (SSSR count). The number of amides is 15. The van der Waals surface area contributed by atoms with Crippen molar-refractivity contribution in [2.24, 2.45) is 35.1 Å². The number of hydrogen-bond donors (Lipinski definition) is 20. The summed E-state index contributed by atoms with van der Waals surface area (Å²) in [5, 5.41) is 62.2. The number of carbonyl (C=O) groups excluding carboxylic acids is 19. The van der Waals surface area contributed by atoms with E-state index in [1.165, 1.54) is 114 Å². The van der Waals surface area contributed by atoms with E-state index < -0.39 is 225 Å². The van der Waals surface area contributed by atoms with Gasteiger partial charge < -0.3 is 106 Å². The van der Waals surface area contributed by atoms with E-state index in [2.05, 4.69) is 84.7 Å². The summed E-state index contributed by atoms with van der Waals surface area (Å²) in [6.45, 7) is 24.2. The van der Waals surface area contributed by atoms with Crippen molar-refractivity contribution in [3.8, 4) is 5.75 Å². The highest BCUT2D eigenvalue weighted by molar-refractivity contribution is 6.41. The summed E-state index contributed by atoms with van der Waals surface area (Å²) in [6, 6.07) is 3.76. The van der Waals surface area contributed by atoms with Crippen LogP contribution in [-0.4, -0.2) is 235 Å². The van der Waals surface area contributed by atoms with Crippen molar-refractivity contribution in [2.45, 2.75) is 316 Å². The quantitative estimate of drug-likeness (QED) is 0.0225. The first kappa shape index (κ1) is 113. The van der Waals surface area contributed by atoms with Crippen LogP contribution < -0.4 is 91.2 Å². The van der Waals surface area contributed by atoms with Crippen LogP contribution in [0, 0.1) is 23.7 Å². The maximum atomic E-state index is 15.3. The van der Waals surface area contributed by atoms with Crippen molar-refractivity contribution >= 4 is 123 Å². The molecular formula is C96H142N18O21. The molecule has 1 aliphatic heterocycles. The highest BCUT2D eigenvalue weighted by atomic mass is 16.3. The molecule has 0 radical (unpaired) electrons. The van der Waals surface area contributed by atoms with Crippen LogP contribution in [-0.2, 0) is 110 Å². The number of aromatic hydroxyl groups is 1. The number of benzene rings is 3. The number of phenols is 1. The normalized spacial score (nSPS) is 22.2. The van der Waals surface area contributed by atoms with E-state index in [1.807, 2.05) is 39.8 Å². The van der Waals surface area contributed by atoms with Crippen LogP contribution >= 0.6 is 0 Å². The molecule has 1 aromatic heterocycles. The van der Waals surface area contributed by atoms with E-state index >= 15 is 24.0 Å². The third-order valence-electron chi connectivity index (χ3n) is 23.5. The molecule has 17 atom stereocenters. The first-order chi connectivity index (χ1) is 63.3. The number of aliphatic hydroxyl groups excluding tert-OH is 1. The number of H-pyrrole nitrogens is 1. The number of para-hydroxylation sites is 1. The number of nitrogens with one attached hydrogen (secondary N) is 16. The van der Waals surface area contributed by atoms with Gasteiger partial charge in [-0.15, -0.1) is 0 Å². The molecule has 3 aromatic carbocycles. The number of Topliss-reactive ketones (excluding diaryl/α,β-unsaturated/α-hetero) is 4. The molecule has 0 saturated carbocycles. The number of nitrogens with two attached hydrogens (primary N) is 2. The molecule has 0 aliphatic carbocycles. The molecule has 4 aromatic rings. The van der Waals surface area contributed by atoms with Crippen molar-refractivity contribution in [2.75, 3.05) is 13.1 Å². The third-order valence-corrected chi connectivity index (χ3v) is 23.5. The van der Waals surface area contributed by atoms with Gasteiger partial charge in [0.05, 0.1) is 36.2 Å². The Labute approximate surface area is 788 Å². The summed E-state index contributed by atoms with van der Waals surface area (Å²) in [6.07, 6.45) is 5.29. The zero-order valence-corrected chi connectivity index (χ0v) is 80.6. The van der Waals surface area contributed by atoms with E-state index in [0.29, 0.717) is 59.7 Å². The average molecular weight is 1880 g/mol. The zero-order valence-electron chi connectivity index (χ0n) is 80.6. The molecule has 3 unspecified atom stereocenters. The molecule has 135 heavy (non-hydrogen) atoms. The first-order valence-corrected chi connectivity index (χ1v) is 46.2. The van der Waals surface area contributed by atoms with Gasteiger partial charge in [0.1, 0.15) is 70.7 Å². The molecule has 0 fully saturated rings. The fourth-order valence-corrected chi connectivity index (χ4v) is 15.1. The second-order valence-corrected chi connectivity index (χ2v) is 37.2. The maximum Gasteiger partial charge on any atom is 0.246 e. The van der Waals surface area contributed by atoms with Crippen molar-refractivity contribution in [3.63, 3.8) is 0 Å². The monoisotopic (exact) mass is 1880 g/mol. The maximum absolute atomic E-state index is 15.3. The number of carbonyl (C=O) groups is 19. The van der Waals surface area contributed by atoms with E-state index in [4.69, 9.17) is 11.5 Å². The summed E-state index contributed by atoms with van der Waals surface area (Å²) in [5.74, 6) is -19.2. The number of ketones is 4. The predicted octanol–water partition coefficient (Wildman–Crippen LogP) is 1.28. The lowest BCUT2D eigenvalue weighted by molar-refractivity contribution is -0.140. The van der Waals surface area contributed by atoms with Gasteiger partial charge in [0.15, 0.2) is 0 Å². The van der Waals surface area contributed by atoms with Gasteiger partial charge in [0, 0.05) is 68.7 Å². The number of aromatic nitrogens is 1. The minimum Gasteiger partial charge on any atom is -0.508 e. The minimum absolute atomic E-state index is 0.000343. The number of phenolic OH excluding ortho intramolecular Hbond substituents is 1. The second kappa shape index (κ2) is 53.4. The Morgan fingerprint density at radius 2 is 1.16 bits per heavy atom. The summed E-state index contributed by atoms with van der Waals surface area (Å²) in [4.78, 5) is 270. The van der Waals surface area contributed by atoms with E-state index in [0.717, 1.165) is 0 Å². The van der Waals surface area contributed by atoms with Crippen LogP contribution in [0.1, 0.15) is 218 Å². The highest BCUT2D eigenvalue weighted by Crippen LogP contribution is 2.25. The van der Waals surface area contributed by atoms with Crippen LogP contribution in [0.5, 0.6) is 5.75 Å². The third kappa shape index (κ3) is 36.6. The topological polar surface area (TPSA) is 613 Å². The van der Waals surface area contributed by atoms with Crippen LogP contribution in [0.2, 0.25) is 0 Å².